The van der Waals surface area contributed by atoms with Crippen LogP contribution >= 0.6 is 11.8 Å². The molecule has 0 aromatic carbocycles. The molecule has 0 aliphatic carbocycles. The van der Waals surface area contributed by atoms with Crippen LogP contribution in [-0.2, 0) is 0 Å². The monoisotopic (exact) mass is 200 g/mol. The molecular weight excluding hydrogens is 180 g/mol. The summed E-state index contributed by atoms with van der Waals surface area (Å²) in [5.41, 5.74) is 5.55. The Hall–Kier alpha value is -0.200. The predicted octanol–water partition coefficient (Wildman–Crippen LogP) is 2.40. The second-order valence-corrected chi connectivity index (χ2v) is 5.89. The third kappa shape index (κ3) is 8.14. The van der Waals surface area contributed by atoms with E-state index in [-0.39, 0.29) is 11.0 Å². The van der Waals surface area contributed by atoms with Gasteiger partial charge in [-0.05, 0) is 39.9 Å². The van der Waals surface area contributed by atoms with Crippen molar-refractivity contribution < 1.29 is 0 Å². The molecule has 0 saturated carbocycles. The summed E-state index contributed by atoms with van der Waals surface area (Å²) in [4.78, 5) is 0. The van der Waals surface area contributed by atoms with E-state index in [0.717, 1.165) is 17.9 Å². The molecule has 0 amide bonds. The number of nitrogens with two attached hydrogens (primary N) is 1. The van der Waals surface area contributed by atoms with Crippen LogP contribution in [0.15, 0.2) is 0 Å². The van der Waals surface area contributed by atoms with E-state index in [1.165, 1.54) is 0 Å². The standard InChI is InChI=1S/C10H20N2S/c1-9(2,7-11)5-6-13-8-10(3,4)12/h5-6,8,12H2,1-4H3. The third-order valence-electron chi connectivity index (χ3n) is 1.65. The lowest BCUT2D eigenvalue weighted by Crippen LogP contribution is -2.34. The van der Waals surface area contributed by atoms with Gasteiger partial charge in [-0.2, -0.15) is 17.0 Å². The van der Waals surface area contributed by atoms with Crippen molar-refractivity contribution in [3.63, 3.8) is 0 Å². The smallest absolute Gasteiger partial charge is 0.0684 e. The molecule has 0 saturated heterocycles. The Balaban J connectivity index is 3.54. The first-order valence-electron chi connectivity index (χ1n) is 4.55. The van der Waals surface area contributed by atoms with Crippen LogP contribution in [0.4, 0.5) is 0 Å². The molecule has 0 bridgehead atoms. The molecule has 2 nitrogen and oxygen atoms in total. The highest BCUT2D eigenvalue weighted by molar-refractivity contribution is 7.99. The van der Waals surface area contributed by atoms with Crippen LogP contribution in [0.5, 0.6) is 0 Å². The highest BCUT2D eigenvalue weighted by Gasteiger charge is 2.17. The summed E-state index contributed by atoms with van der Waals surface area (Å²) >= 11 is 1.83. The number of hydrogen-bond acceptors (Lipinski definition) is 3. The Bertz CT molecular complexity index is 186. The van der Waals surface area contributed by atoms with Crippen molar-refractivity contribution >= 4 is 11.8 Å². The minimum Gasteiger partial charge on any atom is -0.325 e. The predicted molar refractivity (Wildman–Crippen MR) is 59.6 cm³/mol. The lowest BCUT2D eigenvalue weighted by atomic mass is 9.93. The van der Waals surface area contributed by atoms with Crippen molar-refractivity contribution in [3.05, 3.63) is 0 Å². The van der Waals surface area contributed by atoms with Gasteiger partial charge in [-0.25, -0.2) is 0 Å². The van der Waals surface area contributed by atoms with E-state index < -0.39 is 0 Å². The summed E-state index contributed by atoms with van der Waals surface area (Å²) in [6.45, 7) is 7.99. The average molecular weight is 200 g/mol. The van der Waals surface area contributed by atoms with Gasteiger partial charge in [0.05, 0.1) is 11.5 Å². The molecule has 0 heterocycles. The fourth-order valence-corrected chi connectivity index (χ4v) is 2.04. The fraction of sp³-hybridized carbons (Fsp3) is 0.900. The zero-order valence-electron chi connectivity index (χ0n) is 9.05. The molecule has 0 aliphatic rings. The van der Waals surface area contributed by atoms with E-state index in [0.29, 0.717) is 0 Å². The molecule has 0 aromatic heterocycles. The van der Waals surface area contributed by atoms with E-state index in [4.69, 9.17) is 11.0 Å². The second-order valence-electron chi connectivity index (χ2n) is 4.79. The topological polar surface area (TPSA) is 49.8 Å². The Morgan fingerprint density at radius 3 is 2.23 bits per heavy atom. The maximum absolute atomic E-state index is 8.77. The SMILES string of the molecule is CC(C)(N)CSCCC(C)(C)C#N. The van der Waals surface area contributed by atoms with Crippen LogP contribution in [-0.4, -0.2) is 17.0 Å². The van der Waals surface area contributed by atoms with Crippen molar-refractivity contribution in [2.45, 2.75) is 39.7 Å². The van der Waals surface area contributed by atoms with Crippen LogP contribution in [0, 0.1) is 16.7 Å². The Morgan fingerprint density at radius 2 is 1.85 bits per heavy atom. The Labute approximate surface area is 85.9 Å². The number of thioether (sulfide) groups is 1. The van der Waals surface area contributed by atoms with Gasteiger partial charge in [-0.15, -0.1) is 0 Å². The van der Waals surface area contributed by atoms with Crippen LogP contribution in [0.3, 0.4) is 0 Å². The van der Waals surface area contributed by atoms with Crippen molar-refractivity contribution in [3.8, 4) is 6.07 Å². The highest BCUT2D eigenvalue weighted by Crippen LogP contribution is 2.22. The summed E-state index contributed by atoms with van der Waals surface area (Å²) < 4.78 is 0. The van der Waals surface area contributed by atoms with Crippen molar-refractivity contribution in [2.24, 2.45) is 11.1 Å². The molecule has 76 valence electrons. The first-order chi connectivity index (χ1) is 5.77. The molecule has 0 rings (SSSR count). The average Bonchev–Trinajstić information content (AvgIpc) is 1.97. The Kier molecular flexibility index (Phi) is 4.80. The van der Waals surface area contributed by atoms with Crippen LogP contribution < -0.4 is 5.73 Å². The molecule has 3 heteroatoms. The van der Waals surface area contributed by atoms with Crippen molar-refractivity contribution in [1.29, 1.82) is 5.26 Å². The molecule has 0 aromatic rings. The van der Waals surface area contributed by atoms with Crippen LogP contribution in [0.1, 0.15) is 34.1 Å². The summed E-state index contributed by atoms with van der Waals surface area (Å²) in [7, 11) is 0. The summed E-state index contributed by atoms with van der Waals surface area (Å²) in [6, 6.07) is 2.29. The van der Waals surface area contributed by atoms with Crippen molar-refractivity contribution in [1.82, 2.24) is 0 Å². The van der Waals surface area contributed by atoms with E-state index in [9.17, 15) is 0 Å². The molecule has 0 unspecified atom stereocenters. The lowest BCUT2D eigenvalue weighted by Gasteiger charge is -2.19. The van der Waals surface area contributed by atoms with Crippen molar-refractivity contribution in [2.75, 3.05) is 11.5 Å². The number of nitriles is 1. The van der Waals surface area contributed by atoms with Crippen LogP contribution in [0.25, 0.3) is 0 Å². The molecule has 2 N–H and O–H groups in total. The summed E-state index contributed by atoms with van der Waals surface area (Å²) in [5.74, 6) is 1.97. The molecule has 0 fully saturated rings. The minimum atomic E-state index is -0.189. The van der Waals surface area contributed by atoms with Gasteiger partial charge in [-0.3, -0.25) is 0 Å². The number of nitrogens with zero attached hydrogens (tertiary/aromatic N) is 1. The fourth-order valence-electron chi connectivity index (χ4n) is 0.718. The van der Waals surface area contributed by atoms with Gasteiger partial charge < -0.3 is 5.73 Å². The quantitative estimate of drug-likeness (QED) is 0.693. The second kappa shape index (κ2) is 4.88. The maximum Gasteiger partial charge on any atom is 0.0684 e. The number of rotatable bonds is 5. The highest BCUT2D eigenvalue weighted by atomic mass is 32.2. The van der Waals surface area contributed by atoms with Gasteiger partial charge in [0.2, 0.25) is 0 Å². The first kappa shape index (κ1) is 12.8. The molecule has 0 aliphatic heterocycles. The van der Waals surface area contributed by atoms with Gasteiger partial charge in [0.25, 0.3) is 0 Å². The maximum atomic E-state index is 8.77. The Morgan fingerprint density at radius 1 is 1.31 bits per heavy atom. The number of hydrogen-bond donors (Lipinski definition) is 1. The molecular formula is C10H20N2S. The molecule has 0 atom stereocenters. The van der Waals surface area contributed by atoms with E-state index in [2.05, 4.69) is 6.07 Å². The molecule has 0 radical (unpaired) electrons. The summed E-state index contributed by atoms with van der Waals surface area (Å²) in [5, 5.41) is 8.77. The van der Waals surface area contributed by atoms with E-state index in [1.54, 1.807) is 0 Å². The largest absolute Gasteiger partial charge is 0.325 e. The zero-order valence-corrected chi connectivity index (χ0v) is 9.87. The first-order valence-corrected chi connectivity index (χ1v) is 5.70. The third-order valence-corrected chi connectivity index (χ3v) is 3.09. The normalized spacial score (nSPS) is 12.6. The van der Waals surface area contributed by atoms with Gasteiger partial charge in [0.1, 0.15) is 0 Å². The van der Waals surface area contributed by atoms with Crippen LogP contribution in [0.2, 0.25) is 0 Å². The molecule has 13 heavy (non-hydrogen) atoms. The zero-order chi connectivity index (χ0) is 10.5. The van der Waals surface area contributed by atoms with E-state index >= 15 is 0 Å². The van der Waals surface area contributed by atoms with Gasteiger partial charge >= 0.3 is 0 Å². The molecule has 0 spiro atoms. The van der Waals surface area contributed by atoms with Gasteiger partial charge in [0.15, 0.2) is 0 Å². The van der Waals surface area contributed by atoms with Gasteiger partial charge in [0, 0.05) is 11.3 Å². The van der Waals surface area contributed by atoms with E-state index in [1.807, 2.05) is 39.5 Å². The minimum absolute atomic E-state index is 0.0958. The summed E-state index contributed by atoms with van der Waals surface area (Å²) in [6.07, 6.45) is 0.935. The van der Waals surface area contributed by atoms with Gasteiger partial charge in [-0.1, -0.05) is 0 Å². The lowest BCUT2D eigenvalue weighted by molar-refractivity contribution is 0.481.